The predicted octanol–water partition coefficient (Wildman–Crippen LogP) is 4.07. The zero-order valence-electron chi connectivity index (χ0n) is 12.5. The first-order valence-electron chi connectivity index (χ1n) is 7.41. The Balaban J connectivity index is 1.94. The lowest BCUT2D eigenvalue weighted by molar-refractivity contribution is 0.111. The van der Waals surface area contributed by atoms with E-state index in [1.54, 1.807) is 11.3 Å². The molecule has 4 nitrogen and oxygen atoms in total. The van der Waals surface area contributed by atoms with Gasteiger partial charge in [-0.25, -0.2) is 4.98 Å². The predicted molar refractivity (Wildman–Crippen MR) is 87.7 cm³/mol. The van der Waals surface area contributed by atoms with Crippen molar-refractivity contribution in [2.24, 2.45) is 5.92 Å². The quantitative estimate of drug-likeness (QED) is 0.781. The highest BCUT2D eigenvalue weighted by molar-refractivity contribution is 7.15. The molecule has 1 aliphatic rings. The molecule has 3 rings (SSSR count). The molecule has 0 unspecified atom stereocenters. The monoisotopic (exact) mass is 311 g/mol. The molecule has 0 spiro atoms. The maximum atomic E-state index is 11.1. The number of hydrogen-bond acceptors (Lipinski definition) is 5. The van der Waals surface area contributed by atoms with Gasteiger partial charge in [0, 0.05) is 17.1 Å². The highest BCUT2D eigenvalue weighted by atomic mass is 32.1. The number of aryl methyl sites for hydroxylation is 1. The fourth-order valence-corrected chi connectivity index (χ4v) is 3.47. The molecular weight excluding hydrogens is 294 g/mol. The molecule has 0 N–H and O–H groups in total. The Kier molecular flexibility index (Phi) is 4.21. The third kappa shape index (κ3) is 2.88. The molecule has 2 aromatic rings. The van der Waals surface area contributed by atoms with Gasteiger partial charge in [-0.15, -0.1) is 11.3 Å². The Morgan fingerprint density at radius 2 is 2.14 bits per heavy atom. The summed E-state index contributed by atoms with van der Waals surface area (Å²) in [4.78, 5) is 18.7. The van der Waals surface area contributed by atoms with Gasteiger partial charge in [0.1, 0.15) is 5.69 Å². The summed E-state index contributed by atoms with van der Waals surface area (Å²) >= 11 is 1.55. The van der Waals surface area contributed by atoms with Gasteiger partial charge in [0.25, 0.3) is 0 Å². The number of benzene rings is 1. The van der Waals surface area contributed by atoms with Crippen LogP contribution >= 0.6 is 11.3 Å². The number of thiazole rings is 1. The van der Waals surface area contributed by atoms with E-state index in [1.807, 2.05) is 31.2 Å². The Hall–Kier alpha value is -2.19. The smallest absolute Gasteiger partial charge is 0.190 e. The van der Waals surface area contributed by atoms with Crippen LogP contribution in [0.1, 0.15) is 40.2 Å². The number of anilines is 2. The molecule has 1 aromatic heterocycles. The molecule has 5 heteroatoms. The van der Waals surface area contributed by atoms with Crippen LogP contribution in [-0.2, 0) is 0 Å². The summed E-state index contributed by atoms with van der Waals surface area (Å²) in [6.07, 6.45) is 4.60. The molecule has 1 heterocycles. The highest BCUT2D eigenvalue weighted by Gasteiger charge is 2.24. The minimum atomic E-state index is 0.521. The molecule has 0 aliphatic heterocycles. The molecule has 1 aliphatic carbocycles. The standard InChI is InChI=1S/C17H17N3OS/c1-12-16(11-21)19-17(22-12)20(10-14-3-2-4-14)15-7-5-13(9-18)6-8-15/h5-8,11,14H,2-4,10H2,1H3. The van der Waals surface area contributed by atoms with Crippen molar-refractivity contribution >= 4 is 28.4 Å². The van der Waals surface area contributed by atoms with Gasteiger partial charge in [0.15, 0.2) is 11.4 Å². The molecule has 0 saturated heterocycles. The molecule has 1 fully saturated rings. The summed E-state index contributed by atoms with van der Waals surface area (Å²) in [7, 11) is 0. The van der Waals surface area contributed by atoms with Gasteiger partial charge in [-0.1, -0.05) is 6.42 Å². The molecule has 0 amide bonds. The minimum Gasteiger partial charge on any atom is -0.318 e. The van der Waals surface area contributed by atoms with Gasteiger partial charge in [-0.3, -0.25) is 4.79 Å². The first kappa shape index (κ1) is 14.7. The number of hydrogen-bond donors (Lipinski definition) is 0. The van der Waals surface area contributed by atoms with Crippen molar-refractivity contribution in [3.05, 3.63) is 40.4 Å². The Morgan fingerprint density at radius 1 is 1.41 bits per heavy atom. The second kappa shape index (κ2) is 6.29. The largest absolute Gasteiger partial charge is 0.318 e. The zero-order valence-corrected chi connectivity index (χ0v) is 13.3. The summed E-state index contributed by atoms with van der Waals surface area (Å²) in [5, 5.41) is 9.79. The van der Waals surface area contributed by atoms with Gasteiger partial charge in [-0.2, -0.15) is 5.26 Å². The van der Waals surface area contributed by atoms with E-state index in [2.05, 4.69) is 16.0 Å². The summed E-state index contributed by atoms with van der Waals surface area (Å²) in [5.74, 6) is 0.680. The third-order valence-electron chi connectivity index (χ3n) is 4.14. The Labute approximate surface area is 134 Å². The van der Waals surface area contributed by atoms with Crippen molar-refractivity contribution in [3.8, 4) is 6.07 Å². The average Bonchev–Trinajstić information content (AvgIpc) is 2.87. The van der Waals surface area contributed by atoms with Crippen LogP contribution in [0, 0.1) is 24.2 Å². The number of aromatic nitrogens is 1. The summed E-state index contributed by atoms with van der Waals surface area (Å²) < 4.78 is 0. The third-order valence-corrected chi connectivity index (χ3v) is 5.15. The molecule has 22 heavy (non-hydrogen) atoms. The van der Waals surface area contributed by atoms with E-state index in [9.17, 15) is 4.79 Å². The molecule has 1 aromatic carbocycles. The Morgan fingerprint density at radius 3 is 2.64 bits per heavy atom. The van der Waals surface area contributed by atoms with Gasteiger partial charge in [0.2, 0.25) is 0 Å². The number of aldehydes is 1. The van der Waals surface area contributed by atoms with E-state index < -0.39 is 0 Å². The highest BCUT2D eigenvalue weighted by Crippen LogP contribution is 2.35. The van der Waals surface area contributed by atoms with E-state index in [0.717, 1.165) is 28.5 Å². The number of nitrogens with zero attached hydrogens (tertiary/aromatic N) is 3. The maximum Gasteiger partial charge on any atom is 0.190 e. The first-order valence-corrected chi connectivity index (χ1v) is 8.23. The minimum absolute atomic E-state index is 0.521. The average molecular weight is 311 g/mol. The van der Waals surface area contributed by atoms with E-state index in [0.29, 0.717) is 17.2 Å². The van der Waals surface area contributed by atoms with Crippen molar-refractivity contribution in [2.45, 2.75) is 26.2 Å². The normalized spacial score (nSPS) is 14.2. The van der Waals surface area contributed by atoms with Crippen LogP contribution in [0.2, 0.25) is 0 Å². The van der Waals surface area contributed by atoms with Crippen molar-refractivity contribution in [3.63, 3.8) is 0 Å². The fraction of sp³-hybridized carbons (Fsp3) is 0.353. The van der Waals surface area contributed by atoms with E-state index >= 15 is 0 Å². The van der Waals surface area contributed by atoms with Crippen LogP contribution in [0.25, 0.3) is 0 Å². The summed E-state index contributed by atoms with van der Waals surface area (Å²) in [6.45, 7) is 2.84. The second-order valence-electron chi connectivity index (χ2n) is 5.62. The van der Waals surface area contributed by atoms with E-state index in [1.165, 1.54) is 19.3 Å². The molecule has 0 radical (unpaired) electrons. The molecule has 1 saturated carbocycles. The van der Waals surface area contributed by atoms with Crippen molar-refractivity contribution < 1.29 is 4.79 Å². The van der Waals surface area contributed by atoms with E-state index in [-0.39, 0.29) is 0 Å². The summed E-state index contributed by atoms with van der Waals surface area (Å²) in [5.41, 5.74) is 2.19. The molecule has 112 valence electrons. The van der Waals surface area contributed by atoms with Crippen molar-refractivity contribution in [1.29, 1.82) is 5.26 Å². The Bertz CT molecular complexity index is 710. The van der Waals surface area contributed by atoms with Crippen LogP contribution in [-0.4, -0.2) is 17.8 Å². The zero-order chi connectivity index (χ0) is 15.5. The van der Waals surface area contributed by atoms with Crippen molar-refractivity contribution in [2.75, 3.05) is 11.4 Å². The number of nitriles is 1. The maximum absolute atomic E-state index is 11.1. The number of carbonyl (C=O) groups is 1. The molecule has 0 bridgehead atoms. The summed E-state index contributed by atoms with van der Waals surface area (Å²) in [6, 6.07) is 9.69. The lowest BCUT2D eigenvalue weighted by atomic mass is 9.85. The topological polar surface area (TPSA) is 57.0 Å². The van der Waals surface area contributed by atoms with Gasteiger partial charge < -0.3 is 4.90 Å². The molecule has 0 atom stereocenters. The number of rotatable bonds is 5. The fourth-order valence-electron chi connectivity index (χ4n) is 2.56. The van der Waals surface area contributed by atoms with Crippen LogP contribution in [0.5, 0.6) is 0 Å². The SMILES string of the molecule is Cc1sc(N(CC2CCC2)c2ccc(C#N)cc2)nc1C=O. The van der Waals surface area contributed by atoms with Crippen molar-refractivity contribution in [1.82, 2.24) is 4.98 Å². The molecular formula is C17H17N3OS. The van der Waals surface area contributed by atoms with Gasteiger partial charge in [0.05, 0.1) is 11.6 Å². The lowest BCUT2D eigenvalue weighted by Crippen LogP contribution is -2.29. The van der Waals surface area contributed by atoms with E-state index in [4.69, 9.17) is 5.26 Å². The van der Waals surface area contributed by atoms with Gasteiger partial charge in [-0.05, 0) is 49.9 Å². The second-order valence-corrected chi connectivity index (χ2v) is 6.80. The first-order chi connectivity index (χ1) is 10.7. The number of carbonyl (C=O) groups excluding carboxylic acids is 1. The van der Waals surface area contributed by atoms with Crippen LogP contribution in [0.15, 0.2) is 24.3 Å². The van der Waals surface area contributed by atoms with Crippen LogP contribution < -0.4 is 4.90 Å². The lowest BCUT2D eigenvalue weighted by Gasteiger charge is -2.32. The van der Waals surface area contributed by atoms with Gasteiger partial charge >= 0.3 is 0 Å². The van der Waals surface area contributed by atoms with Crippen LogP contribution in [0.4, 0.5) is 10.8 Å². The van der Waals surface area contributed by atoms with Crippen LogP contribution in [0.3, 0.4) is 0 Å².